The van der Waals surface area contributed by atoms with Crippen molar-refractivity contribution in [1.29, 1.82) is 0 Å². The van der Waals surface area contributed by atoms with Gasteiger partial charge in [0, 0.05) is 31.4 Å². The molecule has 2 rings (SSSR count). The van der Waals surface area contributed by atoms with Gasteiger partial charge in [0.15, 0.2) is 0 Å². The van der Waals surface area contributed by atoms with Crippen molar-refractivity contribution >= 4 is 0 Å². The number of alkyl halides is 1. The number of morpholine rings is 1. The van der Waals surface area contributed by atoms with Crippen LogP contribution in [0, 0.1) is 0 Å². The van der Waals surface area contributed by atoms with Crippen LogP contribution in [0.1, 0.15) is 18.9 Å². The third kappa shape index (κ3) is 4.06. The Kier molecular flexibility index (Phi) is 4.07. The van der Waals surface area contributed by atoms with Gasteiger partial charge in [-0.3, -0.25) is 4.98 Å². The predicted molar refractivity (Wildman–Crippen MR) is 64.7 cm³/mol. The maximum Gasteiger partial charge on any atom is 0.113 e. The van der Waals surface area contributed by atoms with E-state index in [1.807, 2.05) is 12.1 Å². The van der Waals surface area contributed by atoms with Gasteiger partial charge in [0.2, 0.25) is 0 Å². The minimum Gasteiger partial charge on any atom is -0.379 e. The molecule has 1 N–H and O–H groups in total. The number of hydrogen-bond donors (Lipinski definition) is 1. The first-order chi connectivity index (χ1) is 8.16. The molecule has 17 heavy (non-hydrogen) atoms. The monoisotopic (exact) mass is 238 g/mol. The molecule has 1 aliphatic heterocycles. The van der Waals surface area contributed by atoms with Crippen molar-refractivity contribution in [2.45, 2.75) is 31.5 Å². The van der Waals surface area contributed by atoms with E-state index in [0.29, 0.717) is 19.4 Å². The summed E-state index contributed by atoms with van der Waals surface area (Å²) >= 11 is 0. The molecule has 1 aromatic heterocycles. The van der Waals surface area contributed by atoms with Gasteiger partial charge in [0.25, 0.3) is 0 Å². The molecular weight excluding hydrogens is 219 g/mol. The standard InChI is InChI=1S/C13H19FN2O/c1-13(14,7-11-3-2-4-15-9-11)8-12-10-17-6-5-16-12/h2-4,9,12,16H,5-8,10H2,1H3. The molecule has 4 heteroatoms. The Morgan fingerprint density at radius 1 is 1.65 bits per heavy atom. The van der Waals surface area contributed by atoms with E-state index < -0.39 is 5.67 Å². The number of nitrogens with zero attached hydrogens (tertiary/aromatic N) is 1. The Morgan fingerprint density at radius 3 is 3.18 bits per heavy atom. The molecule has 1 aliphatic rings. The van der Waals surface area contributed by atoms with Crippen molar-refractivity contribution in [3.63, 3.8) is 0 Å². The quantitative estimate of drug-likeness (QED) is 0.867. The van der Waals surface area contributed by atoms with E-state index in [1.54, 1.807) is 19.3 Å². The van der Waals surface area contributed by atoms with Crippen LogP contribution in [0.15, 0.2) is 24.5 Å². The van der Waals surface area contributed by atoms with Crippen molar-refractivity contribution in [2.75, 3.05) is 19.8 Å². The zero-order chi connectivity index (χ0) is 12.1. The first-order valence-electron chi connectivity index (χ1n) is 6.05. The van der Waals surface area contributed by atoms with Crippen LogP contribution in [0.5, 0.6) is 0 Å². The molecule has 2 unspecified atom stereocenters. The van der Waals surface area contributed by atoms with Gasteiger partial charge in [0.1, 0.15) is 5.67 Å². The fraction of sp³-hybridized carbons (Fsp3) is 0.615. The molecule has 0 saturated carbocycles. The zero-order valence-corrected chi connectivity index (χ0v) is 10.2. The Bertz CT molecular complexity index is 337. The molecule has 3 nitrogen and oxygen atoms in total. The number of ether oxygens (including phenoxy) is 1. The van der Waals surface area contributed by atoms with Gasteiger partial charge in [0.05, 0.1) is 13.2 Å². The van der Waals surface area contributed by atoms with Gasteiger partial charge in [-0.15, -0.1) is 0 Å². The van der Waals surface area contributed by atoms with E-state index in [-0.39, 0.29) is 6.04 Å². The summed E-state index contributed by atoms with van der Waals surface area (Å²) in [6.07, 6.45) is 4.30. The molecule has 0 spiro atoms. The highest BCUT2D eigenvalue weighted by Crippen LogP contribution is 2.23. The topological polar surface area (TPSA) is 34.1 Å². The summed E-state index contributed by atoms with van der Waals surface area (Å²) in [5.41, 5.74) is -0.282. The van der Waals surface area contributed by atoms with E-state index in [2.05, 4.69) is 10.3 Å². The normalized spacial score (nSPS) is 24.2. The highest BCUT2D eigenvalue weighted by Gasteiger charge is 2.29. The average Bonchev–Trinajstić information content (AvgIpc) is 2.30. The van der Waals surface area contributed by atoms with Crippen LogP contribution >= 0.6 is 0 Å². The van der Waals surface area contributed by atoms with Gasteiger partial charge in [-0.25, -0.2) is 4.39 Å². The summed E-state index contributed by atoms with van der Waals surface area (Å²) in [5, 5.41) is 3.28. The molecule has 0 aromatic carbocycles. The van der Waals surface area contributed by atoms with Gasteiger partial charge in [-0.2, -0.15) is 0 Å². The van der Waals surface area contributed by atoms with E-state index in [0.717, 1.165) is 18.7 Å². The van der Waals surface area contributed by atoms with E-state index in [9.17, 15) is 4.39 Å². The minimum atomic E-state index is -1.22. The van der Waals surface area contributed by atoms with Crippen LogP contribution in [-0.2, 0) is 11.2 Å². The molecule has 1 fully saturated rings. The first-order valence-corrected chi connectivity index (χ1v) is 6.05. The Balaban J connectivity index is 1.89. The lowest BCUT2D eigenvalue weighted by atomic mass is 9.92. The van der Waals surface area contributed by atoms with Crippen LogP contribution in [0.25, 0.3) is 0 Å². The lowest BCUT2D eigenvalue weighted by molar-refractivity contribution is 0.0483. The number of halogens is 1. The van der Waals surface area contributed by atoms with Crippen LogP contribution in [0.4, 0.5) is 4.39 Å². The Labute approximate surface area is 101 Å². The molecule has 2 heterocycles. The second-order valence-corrected chi connectivity index (χ2v) is 4.88. The molecule has 2 atom stereocenters. The smallest absolute Gasteiger partial charge is 0.113 e. The van der Waals surface area contributed by atoms with Crippen LogP contribution < -0.4 is 5.32 Å². The second kappa shape index (κ2) is 5.56. The number of nitrogens with one attached hydrogen (secondary N) is 1. The molecule has 1 saturated heterocycles. The highest BCUT2D eigenvalue weighted by molar-refractivity contribution is 5.11. The molecular formula is C13H19FN2O. The summed E-state index contributed by atoms with van der Waals surface area (Å²) in [6, 6.07) is 3.87. The zero-order valence-electron chi connectivity index (χ0n) is 10.2. The van der Waals surface area contributed by atoms with Gasteiger partial charge >= 0.3 is 0 Å². The lowest BCUT2D eigenvalue weighted by Crippen LogP contribution is -2.45. The van der Waals surface area contributed by atoms with Gasteiger partial charge in [-0.05, 0) is 25.0 Å². The molecule has 94 valence electrons. The summed E-state index contributed by atoms with van der Waals surface area (Å²) in [7, 11) is 0. The molecule has 1 aromatic rings. The van der Waals surface area contributed by atoms with Crippen molar-refractivity contribution in [3.8, 4) is 0 Å². The predicted octanol–water partition coefficient (Wildman–Crippen LogP) is 1.73. The largest absolute Gasteiger partial charge is 0.379 e. The first kappa shape index (κ1) is 12.5. The molecule has 0 radical (unpaired) electrons. The van der Waals surface area contributed by atoms with E-state index >= 15 is 0 Å². The summed E-state index contributed by atoms with van der Waals surface area (Å²) in [4.78, 5) is 4.01. The van der Waals surface area contributed by atoms with Crippen LogP contribution in [0.3, 0.4) is 0 Å². The van der Waals surface area contributed by atoms with E-state index in [4.69, 9.17) is 4.74 Å². The molecule has 0 amide bonds. The highest BCUT2D eigenvalue weighted by atomic mass is 19.1. The third-order valence-corrected chi connectivity index (χ3v) is 2.97. The summed E-state index contributed by atoms with van der Waals surface area (Å²) < 4.78 is 19.8. The van der Waals surface area contributed by atoms with Gasteiger partial charge < -0.3 is 10.1 Å². The van der Waals surface area contributed by atoms with Crippen molar-refractivity contribution in [1.82, 2.24) is 10.3 Å². The maximum atomic E-state index is 14.4. The van der Waals surface area contributed by atoms with Crippen molar-refractivity contribution < 1.29 is 9.13 Å². The van der Waals surface area contributed by atoms with Crippen molar-refractivity contribution in [3.05, 3.63) is 30.1 Å². The Hall–Kier alpha value is -1.00. The number of rotatable bonds is 4. The van der Waals surface area contributed by atoms with Crippen molar-refractivity contribution in [2.24, 2.45) is 0 Å². The summed E-state index contributed by atoms with van der Waals surface area (Å²) in [5.74, 6) is 0. The second-order valence-electron chi connectivity index (χ2n) is 4.88. The Morgan fingerprint density at radius 2 is 2.53 bits per heavy atom. The van der Waals surface area contributed by atoms with Crippen LogP contribution in [-0.4, -0.2) is 36.5 Å². The fourth-order valence-electron chi connectivity index (χ4n) is 2.27. The number of aromatic nitrogens is 1. The third-order valence-electron chi connectivity index (χ3n) is 2.97. The lowest BCUT2D eigenvalue weighted by Gasteiger charge is -2.29. The minimum absolute atomic E-state index is 0.121. The summed E-state index contributed by atoms with van der Waals surface area (Å²) in [6.45, 7) is 3.79. The SMILES string of the molecule is CC(F)(Cc1cccnc1)CC1COCCN1. The van der Waals surface area contributed by atoms with E-state index in [1.165, 1.54) is 0 Å². The number of hydrogen-bond acceptors (Lipinski definition) is 3. The fourth-order valence-corrected chi connectivity index (χ4v) is 2.27. The maximum absolute atomic E-state index is 14.4. The molecule has 0 aliphatic carbocycles. The molecule has 0 bridgehead atoms. The van der Waals surface area contributed by atoms with Gasteiger partial charge in [-0.1, -0.05) is 6.07 Å². The number of pyridine rings is 1. The average molecular weight is 238 g/mol. The van der Waals surface area contributed by atoms with Crippen LogP contribution in [0.2, 0.25) is 0 Å².